The SMILES string of the molecule is COc1ccc(S(=O)(=O)N(CC(=O)NN=C(C)c2ccccc2O)c2ccc(C)cc2)cc1OC. The Hall–Kier alpha value is -4.05. The van der Waals surface area contributed by atoms with Gasteiger partial charge in [-0.2, -0.15) is 5.10 Å². The third kappa shape index (κ3) is 5.90. The number of nitrogens with one attached hydrogen (secondary N) is 1. The molecule has 0 radical (unpaired) electrons. The number of benzene rings is 3. The van der Waals surface area contributed by atoms with E-state index in [0.717, 1.165) is 9.87 Å². The molecular formula is C25H27N3O6S. The van der Waals surface area contributed by atoms with Gasteiger partial charge in [0.1, 0.15) is 12.3 Å². The molecule has 9 nitrogen and oxygen atoms in total. The highest BCUT2D eigenvalue weighted by molar-refractivity contribution is 7.92. The van der Waals surface area contributed by atoms with Gasteiger partial charge in [0.25, 0.3) is 15.9 Å². The summed E-state index contributed by atoms with van der Waals surface area (Å²) in [5.41, 5.74) is 4.42. The van der Waals surface area contributed by atoms with Crippen LogP contribution < -0.4 is 19.2 Å². The molecule has 0 bridgehead atoms. The van der Waals surface area contributed by atoms with Crippen LogP contribution in [0.25, 0.3) is 0 Å². The molecule has 3 aromatic rings. The number of methoxy groups -OCH3 is 2. The summed E-state index contributed by atoms with van der Waals surface area (Å²) >= 11 is 0. The maximum absolute atomic E-state index is 13.6. The monoisotopic (exact) mass is 497 g/mol. The number of hydrazone groups is 1. The second-order valence-electron chi connectivity index (χ2n) is 7.61. The topological polar surface area (TPSA) is 118 Å². The Labute approximate surface area is 204 Å². The number of nitrogens with zero attached hydrogens (tertiary/aromatic N) is 2. The summed E-state index contributed by atoms with van der Waals surface area (Å²) in [4.78, 5) is 12.7. The molecule has 0 heterocycles. The van der Waals surface area contributed by atoms with Gasteiger partial charge in [-0.3, -0.25) is 9.10 Å². The van der Waals surface area contributed by atoms with Crippen LogP contribution in [0.5, 0.6) is 17.2 Å². The van der Waals surface area contributed by atoms with Crippen molar-refractivity contribution >= 4 is 27.3 Å². The fourth-order valence-electron chi connectivity index (χ4n) is 3.28. The zero-order chi connectivity index (χ0) is 25.6. The summed E-state index contributed by atoms with van der Waals surface area (Å²) < 4.78 is 38.6. The summed E-state index contributed by atoms with van der Waals surface area (Å²) in [6.07, 6.45) is 0. The Balaban J connectivity index is 1.93. The molecule has 0 aromatic heterocycles. The van der Waals surface area contributed by atoms with Gasteiger partial charge in [-0.05, 0) is 50.2 Å². The van der Waals surface area contributed by atoms with Crippen LogP contribution in [0.3, 0.4) is 0 Å². The van der Waals surface area contributed by atoms with Crippen LogP contribution in [-0.4, -0.2) is 45.9 Å². The number of hydrogen-bond donors (Lipinski definition) is 2. The summed E-state index contributed by atoms with van der Waals surface area (Å²) in [7, 11) is -1.31. The van der Waals surface area contributed by atoms with Crippen molar-refractivity contribution in [1.29, 1.82) is 0 Å². The molecular weight excluding hydrogens is 470 g/mol. The van der Waals surface area contributed by atoms with Crippen molar-refractivity contribution in [1.82, 2.24) is 5.43 Å². The second kappa shape index (κ2) is 10.9. The maximum atomic E-state index is 13.6. The number of amides is 1. The number of sulfonamides is 1. The van der Waals surface area contributed by atoms with Crippen molar-refractivity contribution in [3.05, 3.63) is 77.9 Å². The second-order valence-corrected chi connectivity index (χ2v) is 9.48. The molecule has 0 atom stereocenters. The molecule has 0 spiro atoms. The van der Waals surface area contributed by atoms with E-state index >= 15 is 0 Å². The van der Waals surface area contributed by atoms with Crippen molar-refractivity contribution in [2.75, 3.05) is 25.1 Å². The minimum absolute atomic E-state index is 0.0142. The first-order chi connectivity index (χ1) is 16.7. The van der Waals surface area contributed by atoms with Crippen LogP contribution in [0.15, 0.2) is 76.7 Å². The van der Waals surface area contributed by atoms with E-state index in [1.807, 2.05) is 6.92 Å². The zero-order valence-electron chi connectivity index (χ0n) is 19.8. The van der Waals surface area contributed by atoms with Crippen molar-refractivity contribution < 1.29 is 27.8 Å². The van der Waals surface area contributed by atoms with Crippen molar-refractivity contribution in [2.24, 2.45) is 5.10 Å². The fraction of sp³-hybridized carbons (Fsp3) is 0.200. The van der Waals surface area contributed by atoms with E-state index in [1.54, 1.807) is 49.4 Å². The van der Waals surface area contributed by atoms with Gasteiger partial charge in [0.2, 0.25) is 0 Å². The quantitative estimate of drug-likeness (QED) is 0.345. The molecule has 0 fully saturated rings. The Bertz CT molecular complexity index is 1340. The van der Waals surface area contributed by atoms with E-state index in [1.165, 1.54) is 38.5 Å². The largest absolute Gasteiger partial charge is 0.507 e. The summed E-state index contributed by atoms with van der Waals surface area (Å²) in [5.74, 6) is -0.0328. The first kappa shape index (κ1) is 25.6. The third-order valence-corrected chi connectivity index (χ3v) is 6.96. The predicted octanol–water partition coefficient (Wildman–Crippen LogP) is 3.45. The fourth-order valence-corrected chi connectivity index (χ4v) is 4.72. The average Bonchev–Trinajstić information content (AvgIpc) is 2.86. The predicted molar refractivity (Wildman–Crippen MR) is 134 cm³/mol. The molecule has 0 unspecified atom stereocenters. The normalized spacial score (nSPS) is 11.6. The lowest BCUT2D eigenvalue weighted by Crippen LogP contribution is -2.39. The van der Waals surface area contributed by atoms with Gasteiger partial charge in [0.15, 0.2) is 11.5 Å². The Morgan fingerprint density at radius 1 is 1.00 bits per heavy atom. The van der Waals surface area contributed by atoms with Crippen LogP contribution in [0.1, 0.15) is 18.1 Å². The number of aromatic hydroxyl groups is 1. The molecule has 0 aliphatic carbocycles. The summed E-state index contributed by atoms with van der Waals surface area (Å²) in [5, 5.41) is 14.0. The van der Waals surface area contributed by atoms with E-state index in [2.05, 4.69) is 10.5 Å². The smallest absolute Gasteiger partial charge is 0.264 e. The third-order valence-electron chi connectivity index (χ3n) is 5.19. The number of carbonyl (C=O) groups is 1. The number of aryl methyl sites for hydroxylation is 1. The van der Waals surface area contributed by atoms with Crippen LogP contribution in [0, 0.1) is 6.92 Å². The molecule has 184 valence electrons. The average molecular weight is 498 g/mol. The molecule has 10 heteroatoms. The van der Waals surface area contributed by atoms with Gasteiger partial charge in [0, 0.05) is 11.6 Å². The van der Waals surface area contributed by atoms with Gasteiger partial charge in [-0.25, -0.2) is 13.8 Å². The number of carbonyl (C=O) groups excluding carboxylic acids is 1. The minimum atomic E-state index is -4.17. The molecule has 0 aliphatic rings. The van der Waals surface area contributed by atoms with Gasteiger partial charge in [-0.1, -0.05) is 29.8 Å². The van der Waals surface area contributed by atoms with Gasteiger partial charge >= 0.3 is 0 Å². The summed E-state index contributed by atoms with van der Waals surface area (Å²) in [6.45, 7) is 2.96. The first-order valence-electron chi connectivity index (χ1n) is 10.6. The lowest BCUT2D eigenvalue weighted by Gasteiger charge is -2.24. The molecule has 1 amide bonds. The highest BCUT2D eigenvalue weighted by atomic mass is 32.2. The molecule has 0 saturated heterocycles. The number of phenolic OH excluding ortho intramolecular Hbond substituents is 1. The lowest BCUT2D eigenvalue weighted by atomic mass is 10.1. The van der Waals surface area contributed by atoms with Gasteiger partial charge < -0.3 is 14.6 Å². The zero-order valence-corrected chi connectivity index (χ0v) is 20.7. The van der Waals surface area contributed by atoms with E-state index < -0.39 is 22.5 Å². The highest BCUT2D eigenvalue weighted by Crippen LogP contribution is 2.32. The van der Waals surface area contributed by atoms with E-state index in [-0.39, 0.29) is 16.4 Å². The van der Waals surface area contributed by atoms with E-state index in [4.69, 9.17) is 9.47 Å². The van der Waals surface area contributed by atoms with Crippen LogP contribution in [0.4, 0.5) is 5.69 Å². The van der Waals surface area contributed by atoms with Crippen molar-refractivity contribution in [3.8, 4) is 17.2 Å². The molecule has 3 rings (SSSR count). The van der Waals surface area contributed by atoms with Crippen LogP contribution in [0.2, 0.25) is 0 Å². The Kier molecular flexibility index (Phi) is 7.98. The number of ether oxygens (including phenoxy) is 2. The van der Waals surface area contributed by atoms with Crippen molar-refractivity contribution in [3.63, 3.8) is 0 Å². The van der Waals surface area contributed by atoms with Crippen molar-refractivity contribution in [2.45, 2.75) is 18.7 Å². The number of phenols is 1. The first-order valence-corrected chi connectivity index (χ1v) is 12.0. The molecule has 3 aromatic carbocycles. The molecule has 0 saturated carbocycles. The minimum Gasteiger partial charge on any atom is -0.507 e. The van der Waals surface area contributed by atoms with Gasteiger partial charge in [-0.15, -0.1) is 0 Å². The Morgan fingerprint density at radius 2 is 1.66 bits per heavy atom. The number of anilines is 1. The molecule has 35 heavy (non-hydrogen) atoms. The van der Waals surface area contributed by atoms with Crippen LogP contribution in [-0.2, 0) is 14.8 Å². The summed E-state index contributed by atoms with van der Waals surface area (Å²) in [6, 6.07) is 17.5. The molecule has 0 aliphatic heterocycles. The highest BCUT2D eigenvalue weighted by Gasteiger charge is 2.28. The maximum Gasteiger partial charge on any atom is 0.264 e. The lowest BCUT2D eigenvalue weighted by molar-refractivity contribution is -0.119. The number of hydrogen-bond acceptors (Lipinski definition) is 7. The van der Waals surface area contributed by atoms with Gasteiger partial charge in [0.05, 0.1) is 30.5 Å². The van der Waals surface area contributed by atoms with E-state index in [0.29, 0.717) is 22.7 Å². The number of para-hydroxylation sites is 1. The van der Waals surface area contributed by atoms with Crippen LogP contribution >= 0.6 is 0 Å². The Morgan fingerprint density at radius 3 is 2.29 bits per heavy atom. The number of rotatable bonds is 9. The molecule has 2 N–H and O–H groups in total. The standard InChI is InChI=1S/C25H27N3O6S/c1-17-9-11-19(12-10-17)28(35(31,32)20-13-14-23(33-3)24(15-20)34-4)16-25(30)27-26-18(2)21-7-5-6-8-22(21)29/h5-15,29H,16H2,1-4H3,(H,27,30). The van der Waals surface area contributed by atoms with E-state index in [9.17, 15) is 18.3 Å².